The number of halogens is 2. The number of hydrogen-bond donors (Lipinski definition) is 0. The van der Waals surface area contributed by atoms with Crippen LogP contribution in [0.5, 0.6) is 0 Å². The summed E-state index contributed by atoms with van der Waals surface area (Å²) in [6, 6.07) is 4.54. The van der Waals surface area contributed by atoms with Crippen LogP contribution in [-0.2, 0) is 7.05 Å². The van der Waals surface area contributed by atoms with E-state index in [2.05, 4.69) is 9.97 Å². The molecule has 1 aliphatic heterocycles. The van der Waals surface area contributed by atoms with Crippen LogP contribution in [0, 0.1) is 11.6 Å². The standard InChI is InChI=1S/C19H17F2N5O2/c1-24-16-11-22-5-4-15(16)23-17(19(24)28)25-6-8-26(9-7-25)18(27)13-10-12(20)2-3-14(13)21/h2-5,10-11H,6-9H2,1H3. The highest BCUT2D eigenvalue weighted by atomic mass is 19.1. The minimum absolute atomic E-state index is 0.253. The number of anilines is 1. The Kier molecular flexibility index (Phi) is 4.50. The van der Waals surface area contributed by atoms with Crippen molar-refractivity contribution in [1.82, 2.24) is 19.4 Å². The lowest BCUT2D eigenvalue weighted by Crippen LogP contribution is -2.50. The Balaban J connectivity index is 1.55. The van der Waals surface area contributed by atoms with Gasteiger partial charge in [-0.1, -0.05) is 0 Å². The van der Waals surface area contributed by atoms with Crippen LogP contribution in [0.15, 0.2) is 41.5 Å². The van der Waals surface area contributed by atoms with E-state index in [0.29, 0.717) is 29.9 Å². The van der Waals surface area contributed by atoms with Crippen LogP contribution in [0.4, 0.5) is 14.6 Å². The fraction of sp³-hybridized carbons (Fsp3) is 0.263. The van der Waals surface area contributed by atoms with Gasteiger partial charge in [0.2, 0.25) is 0 Å². The summed E-state index contributed by atoms with van der Waals surface area (Å²) < 4.78 is 28.7. The topological polar surface area (TPSA) is 71.3 Å². The number of hydrogen-bond acceptors (Lipinski definition) is 5. The Morgan fingerprint density at radius 1 is 1.11 bits per heavy atom. The maximum Gasteiger partial charge on any atom is 0.293 e. The van der Waals surface area contributed by atoms with Gasteiger partial charge in [-0.3, -0.25) is 14.6 Å². The predicted octanol–water partition coefficient (Wildman–Crippen LogP) is 1.57. The lowest BCUT2D eigenvalue weighted by atomic mass is 10.1. The van der Waals surface area contributed by atoms with Crippen molar-refractivity contribution in [3.8, 4) is 0 Å². The largest absolute Gasteiger partial charge is 0.348 e. The molecule has 0 bridgehead atoms. The van der Waals surface area contributed by atoms with Gasteiger partial charge in [0.25, 0.3) is 11.5 Å². The van der Waals surface area contributed by atoms with Gasteiger partial charge in [0.05, 0.1) is 22.8 Å². The highest BCUT2D eigenvalue weighted by molar-refractivity contribution is 5.94. The Hall–Kier alpha value is -3.36. The molecule has 0 saturated carbocycles. The SMILES string of the molecule is Cn1c(=O)c(N2CCN(C(=O)c3cc(F)ccc3F)CC2)nc2ccncc21. The molecule has 3 aromatic rings. The van der Waals surface area contributed by atoms with Crippen molar-refractivity contribution in [2.24, 2.45) is 7.05 Å². The number of nitrogens with zero attached hydrogens (tertiary/aromatic N) is 5. The van der Waals surface area contributed by atoms with E-state index < -0.39 is 17.5 Å². The second-order valence-corrected chi connectivity index (χ2v) is 6.57. The molecule has 1 saturated heterocycles. The lowest BCUT2D eigenvalue weighted by molar-refractivity contribution is 0.0741. The van der Waals surface area contributed by atoms with E-state index in [9.17, 15) is 18.4 Å². The van der Waals surface area contributed by atoms with E-state index in [1.165, 1.54) is 9.47 Å². The number of carbonyl (C=O) groups excluding carboxylic acids is 1. The van der Waals surface area contributed by atoms with E-state index >= 15 is 0 Å². The first-order valence-electron chi connectivity index (χ1n) is 8.76. The number of benzene rings is 1. The molecule has 1 aromatic carbocycles. The number of aromatic nitrogens is 3. The van der Waals surface area contributed by atoms with Gasteiger partial charge < -0.3 is 14.4 Å². The van der Waals surface area contributed by atoms with Crippen LogP contribution < -0.4 is 10.5 Å². The van der Waals surface area contributed by atoms with Gasteiger partial charge in [-0.05, 0) is 24.3 Å². The minimum atomic E-state index is -0.757. The molecular formula is C19H17F2N5O2. The molecular weight excluding hydrogens is 368 g/mol. The summed E-state index contributed by atoms with van der Waals surface area (Å²) in [6.07, 6.45) is 3.19. The van der Waals surface area contributed by atoms with E-state index in [0.717, 1.165) is 18.2 Å². The third kappa shape index (κ3) is 3.08. The zero-order valence-electron chi connectivity index (χ0n) is 15.1. The summed E-state index contributed by atoms with van der Waals surface area (Å²) in [7, 11) is 1.66. The molecule has 28 heavy (non-hydrogen) atoms. The van der Waals surface area contributed by atoms with Crippen molar-refractivity contribution in [2.75, 3.05) is 31.1 Å². The number of rotatable bonds is 2. The molecule has 1 amide bonds. The van der Waals surface area contributed by atoms with Crippen LogP contribution in [0.3, 0.4) is 0 Å². The number of fused-ring (bicyclic) bond motifs is 1. The van der Waals surface area contributed by atoms with Crippen LogP contribution in [-0.4, -0.2) is 51.5 Å². The van der Waals surface area contributed by atoms with Crippen molar-refractivity contribution in [3.05, 3.63) is 64.2 Å². The Morgan fingerprint density at radius 3 is 2.61 bits per heavy atom. The second-order valence-electron chi connectivity index (χ2n) is 6.57. The minimum Gasteiger partial charge on any atom is -0.348 e. The molecule has 0 radical (unpaired) electrons. The molecule has 0 spiro atoms. The van der Waals surface area contributed by atoms with Crippen molar-refractivity contribution in [3.63, 3.8) is 0 Å². The average Bonchev–Trinajstić information content (AvgIpc) is 2.72. The fourth-order valence-electron chi connectivity index (χ4n) is 3.31. The summed E-state index contributed by atoms with van der Waals surface area (Å²) in [6.45, 7) is 1.27. The van der Waals surface area contributed by atoms with Crippen LogP contribution in [0.1, 0.15) is 10.4 Å². The predicted molar refractivity (Wildman–Crippen MR) is 99.3 cm³/mol. The number of aryl methyl sites for hydroxylation is 1. The number of amides is 1. The van der Waals surface area contributed by atoms with Gasteiger partial charge in [-0.2, -0.15) is 0 Å². The molecule has 1 fully saturated rings. The highest BCUT2D eigenvalue weighted by Gasteiger charge is 2.26. The van der Waals surface area contributed by atoms with E-state index in [-0.39, 0.29) is 24.2 Å². The van der Waals surface area contributed by atoms with E-state index in [4.69, 9.17) is 0 Å². The molecule has 0 N–H and O–H groups in total. The number of piperazine rings is 1. The molecule has 7 nitrogen and oxygen atoms in total. The number of carbonyl (C=O) groups is 1. The second kappa shape index (κ2) is 6.99. The van der Waals surface area contributed by atoms with Crippen LogP contribution in [0.2, 0.25) is 0 Å². The Labute approximate surface area is 158 Å². The molecule has 0 atom stereocenters. The first kappa shape index (κ1) is 18.0. The Bertz CT molecular complexity index is 1120. The van der Waals surface area contributed by atoms with Gasteiger partial charge in [0, 0.05) is 39.4 Å². The van der Waals surface area contributed by atoms with Crippen molar-refractivity contribution >= 4 is 22.8 Å². The molecule has 144 valence electrons. The molecule has 9 heteroatoms. The van der Waals surface area contributed by atoms with Gasteiger partial charge in [-0.15, -0.1) is 0 Å². The fourth-order valence-corrected chi connectivity index (χ4v) is 3.31. The monoisotopic (exact) mass is 385 g/mol. The third-order valence-corrected chi connectivity index (χ3v) is 4.89. The van der Waals surface area contributed by atoms with Gasteiger partial charge >= 0.3 is 0 Å². The van der Waals surface area contributed by atoms with E-state index in [1.807, 2.05) is 0 Å². The van der Waals surface area contributed by atoms with Crippen LogP contribution >= 0.6 is 0 Å². The molecule has 4 rings (SSSR count). The summed E-state index contributed by atoms with van der Waals surface area (Å²) in [4.78, 5) is 36.9. The normalized spacial score (nSPS) is 14.5. The van der Waals surface area contributed by atoms with Gasteiger partial charge in [-0.25, -0.2) is 13.8 Å². The molecule has 2 aromatic heterocycles. The van der Waals surface area contributed by atoms with Gasteiger partial charge in [0.15, 0.2) is 5.82 Å². The van der Waals surface area contributed by atoms with E-state index in [1.54, 1.807) is 30.4 Å². The summed E-state index contributed by atoms with van der Waals surface area (Å²) >= 11 is 0. The van der Waals surface area contributed by atoms with Crippen LogP contribution in [0.25, 0.3) is 11.0 Å². The maximum absolute atomic E-state index is 13.9. The molecule has 1 aliphatic rings. The Morgan fingerprint density at radius 2 is 1.86 bits per heavy atom. The lowest BCUT2D eigenvalue weighted by Gasteiger charge is -2.35. The summed E-state index contributed by atoms with van der Waals surface area (Å²) in [5, 5.41) is 0. The van der Waals surface area contributed by atoms with Crippen molar-refractivity contribution in [1.29, 1.82) is 0 Å². The third-order valence-electron chi connectivity index (χ3n) is 4.89. The van der Waals surface area contributed by atoms with Gasteiger partial charge in [0.1, 0.15) is 11.6 Å². The first-order chi connectivity index (χ1) is 13.5. The van der Waals surface area contributed by atoms with Crippen molar-refractivity contribution in [2.45, 2.75) is 0 Å². The zero-order chi connectivity index (χ0) is 19.8. The summed E-state index contributed by atoms with van der Waals surface area (Å²) in [5.41, 5.74) is 0.733. The zero-order valence-corrected chi connectivity index (χ0v) is 15.1. The first-order valence-corrected chi connectivity index (χ1v) is 8.76. The molecule has 0 aliphatic carbocycles. The van der Waals surface area contributed by atoms with Crippen molar-refractivity contribution < 1.29 is 13.6 Å². The highest BCUT2D eigenvalue weighted by Crippen LogP contribution is 2.17. The molecule has 0 unspecified atom stereocenters. The molecule has 3 heterocycles. The average molecular weight is 385 g/mol. The smallest absolute Gasteiger partial charge is 0.293 e. The quantitative estimate of drug-likeness (QED) is 0.670. The maximum atomic E-state index is 13.9. The summed E-state index contributed by atoms with van der Waals surface area (Å²) in [5.74, 6) is -1.69. The number of pyridine rings is 1.